The highest BCUT2D eigenvalue weighted by molar-refractivity contribution is 7.99. The minimum absolute atomic E-state index is 0.0762. The number of nitrogens with zero attached hydrogens (tertiary/aromatic N) is 2. The summed E-state index contributed by atoms with van der Waals surface area (Å²) in [6, 6.07) is 6.29. The summed E-state index contributed by atoms with van der Waals surface area (Å²) in [4.78, 5) is 29.1. The van der Waals surface area contributed by atoms with Gasteiger partial charge in [0.05, 0.1) is 0 Å². The first kappa shape index (κ1) is 22.8. The van der Waals surface area contributed by atoms with Crippen molar-refractivity contribution in [3.63, 3.8) is 0 Å². The van der Waals surface area contributed by atoms with Crippen LogP contribution in [-0.4, -0.2) is 59.3 Å². The SMILES string of the molecule is CCCN(CCC)C(=O)CCC(=O)Nc1cc(CN2CCSCC2)ccc1C. The number of aryl methyl sites for hydroxylation is 1. The Morgan fingerprint density at radius 2 is 1.79 bits per heavy atom. The highest BCUT2D eigenvalue weighted by Crippen LogP contribution is 2.20. The molecule has 5 nitrogen and oxygen atoms in total. The van der Waals surface area contributed by atoms with Gasteiger partial charge in [0.25, 0.3) is 0 Å². The van der Waals surface area contributed by atoms with Gasteiger partial charge in [-0.05, 0) is 37.0 Å². The van der Waals surface area contributed by atoms with Crippen LogP contribution in [0.15, 0.2) is 18.2 Å². The molecule has 156 valence electrons. The fourth-order valence-electron chi connectivity index (χ4n) is 3.41. The first-order chi connectivity index (χ1) is 13.5. The minimum Gasteiger partial charge on any atom is -0.343 e. The first-order valence-corrected chi connectivity index (χ1v) is 11.7. The molecule has 1 N–H and O–H groups in total. The summed E-state index contributed by atoms with van der Waals surface area (Å²) in [5.74, 6) is 2.37. The van der Waals surface area contributed by atoms with Gasteiger partial charge in [-0.3, -0.25) is 14.5 Å². The van der Waals surface area contributed by atoms with Crippen molar-refractivity contribution in [2.24, 2.45) is 0 Å². The number of amides is 2. The topological polar surface area (TPSA) is 52.7 Å². The van der Waals surface area contributed by atoms with Crippen LogP contribution in [0.25, 0.3) is 0 Å². The molecule has 0 saturated carbocycles. The molecule has 0 aromatic heterocycles. The number of hydrogen-bond donors (Lipinski definition) is 1. The molecule has 0 bridgehead atoms. The molecule has 1 aromatic carbocycles. The van der Waals surface area contributed by atoms with Crippen molar-refractivity contribution in [2.75, 3.05) is 43.0 Å². The van der Waals surface area contributed by atoms with Crippen molar-refractivity contribution in [3.8, 4) is 0 Å². The van der Waals surface area contributed by atoms with E-state index in [1.165, 1.54) is 17.1 Å². The van der Waals surface area contributed by atoms with Crippen LogP contribution in [0.2, 0.25) is 0 Å². The van der Waals surface area contributed by atoms with E-state index in [2.05, 4.69) is 42.3 Å². The number of thioether (sulfide) groups is 1. The lowest BCUT2D eigenvalue weighted by Crippen LogP contribution is -2.33. The smallest absolute Gasteiger partial charge is 0.224 e. The molecule has 0 radical (unpaired) electrons. The van der Waals surface area contributed by atoms with Crippen LogP contribution >= 0.6 is 11.8 Å². The van der Waals surface area contributed by atoms with E-state index in [1.54, 1.807) is 0 Å². The quantitative estimate of drug-likeness (QED) is 0.641. The maximum atomic E-state index is 12.4. The summed E-state index contributed by atoms with van der Waals surface area (Å²) < 4.78 is 0. The fourth-order valence-corrected chi connectivity index (χ4v) is 4.39. The van der Waals surface area contributed by atoms with E-state index >= 15 is 0 Å². The minimum atomic E-state index is -0.0871. The third kappa shape index (κ3) is 7.47. The Bertz CT molecular complexity index is 639. The van der Waals surface area contributed by atoms with Crippen molar-refractivity contribution in [3.05, 3.63) is 29.3 Å². The fraction of sp³-hybridized carbons (Fsp3) is 0.636. The monoisotopic (exact) mass is 405 g/mol. The first-order valence-electron chi connectivity index (χ1n) is 10.5. The average molecular weight is 406 g/mol. The molecule has 0 spiro atoms. The van der Waals surface area contributed by atoms with Gasteiger partial charge < -0.3 is 10.2 Å². The lowest BCUT2D eigenvalue weighted by Gasteiger charge is -2.26. The molecule has 0 atom stereocenters. The van der Waals surface area contributed by atoms with Crippen LogP contribution in [0.1, 0.15) is 50.7 Å². The Hall–Kier alpha value is -1.53. The lowest BCUT2D eigenvalue weighted by molar-refractivity contribution is -0.132. The van der Waals surface area contributed by atoms with E-state index in [9.17, 15) is 9.59 Å². The number of rotatable bonds is 10. The highest BCUT2D eigenvalue weighted by atomic mass is 32.2. The molecular weight excluding hydrogens is 370 g/mol. The average Bonchev–Trinajstić information content (AvgIpc) is 2.69. The molecule has 1 aromatic rings. The number of benzene rings is 1. The summed E-state index contributed by atoms with van der Waals surface area (Å²) in [5.41, 5.74) is 3.14. The molecule has 0 aliphatic carbocycles. The molecule has 1 aliphatic rings. The van der Waals surface area contributed by atoms with Gasteiger partial charge in [-0.25, -0.2) is 0 Å². The third-order valence-corrected chi connectivity index (χ3v) is 5.93. The maximum Gasteiger partial charge on any atom is 0.224 e. The van der Waals surface area contributed by atoms with E-state index in [-0.39, 0.29) is 24.7 Å². The number of hydrogen-bond acceptors (Lipinski definition) is 4. The molecule has 28 heavy (non-hydrogen) atoms. The van der Waals surface area contributed by atoms with Crippen molar-refractivity contribution in [1.82, 2.24) is 9.80 Å². The summed E-state index contributed by atoms with van der Waals surface area (Å²) >= 11 is 2.01. The molecule has 0 unspecified atom stereocenters. The lowest BCUT2D eigenvalue weighted by atomic mass is 10.1. The normalized spacial score (nSPS) is 14.7. The zero-order chi connectivity index (χ0) is 20.4. The second-order valence-electron chi connectivity index (χ2n) is 7.47. The van der Waals surface area contributed by atoms with E-state index in [0.29, 0.717) is 0 Å². The predicted octanol–water partition coefficient (Wildman–Crippen LogP) is 3.91. The Balaban J connectivity index is 1.88. The van der Waals surface area contributed by atoms with Crippen LogP contribution in [0.3, 0.4) is 0 Å². The third-order valence-electron chi connectivity index (χ3n) is 4.99. The zero-order valence-corrected chi connectivity index (χ0v) is 18.4. The number of anilines is 1. The largest absolute Gasteiger partial charge is 0.343 e. The van der Waals surface area contributed by atoms with Gasteiger partial charge in [-0.1, -0.05) is 26.0 Å². The molecule has 1 saturated heterocycles. The summed E-state index contributed by atoms with van der Waals surface area (Å²) in [6.45, 7) is 10.8. The molecule has 1 heterocycles. The number of carbonyl (C=O) groups is 2. The Morgan fingerprint density at radius 3 is 2.43 bits per heavy atom. The van der Waals surface area contributed by atoms with Crippen molar-refractivity contribution in [1.29, 1.82) is 0 Å². The van der Waals surface area contributed by atoms with E-state index in [0.717, 1.165) is 56.8 Å². The van der Waals surface area contributed by atoms with E-state index in [1.807, 2.05) is 23.6 Å². The van der Waals surface area contributed by atoms with E-state index < -0.39 is 0 Å². The summed E-state index contributed by atoms with van der Waals surface area (Å²) in [7, 11) is 0. The molecule has 6 heteroatoms. The van der Waals surface area contributed by atoms with Crippen LogP contribution in [-0.2, 0) is 16.1 Å². The van der Waals surface area contributed by atoms with Gasteiger partial charge in [0.2, 0.25) is 11.8 Å². The maximum absolute atomic E-state index is 12.4. The van der Waals surface area contributed by atoms with Gasteiger partial charge in [-0.2, -0.15) is 11.8 Å². The van der Waals surface area contributed by atoms with Gasteiger partial charge >= 0.3 is 0 Å². The predicted molar refractivity (Wildman–Crippen MR) is 119 cm³/mol. The highest BCUT2D eigenvalue weighted by Gasteiger charge is 2.15. The van der Waals surface area contributed by atoms with Crippen molar-refractivity contribution < 1.29 is 9.59 Å². The van der Waals surface area contributed by atoms with E-state index in [4.69, 9.17) is 0 Å². The summed E-state index contributed by atoms with van der Waals surface area (Å²) in [6.07, 6.45) is 2.39. The molecule has 2 amide bonds. The number of nitrogens with one attached hydrogen (secondary N) is 1. The molecular formula is C22H35N3O2S. The van der Waals surface area contributed by atoms with Crippen LogP contribution < -0.4 is 5.32 Å². The molecule has 1 fully saturated rings. The Morgan fingerprint density at radius 1 is 1.11 bits per heavy atom. The van der Waals surface area contributed by atoms with Gasteiger partial charge in [0.1, 0.15) is 0 Å². The van der Waals surface area contributed by atoms with Crippen molar-refractivity contribution in [2.45, 2.75) is 53.0 Å². The zero-order valence-electron chi connectivity index (χ0n) is 17.6. The van der Waals surface area contributed by atoms with Gasteiger partial charge in [0.15, 0.2) is 0 Å². The second-order valence-corrected chi connectivity index (χ2v) is 8.69. The van der Waals surface area contributed by atoms with Crippen LogP contribution in [0.4, 0.5) is 5.69 Å². The van der Waals surface area contributed by atoms with Crippen LogP contribution in [0.5, 0.6) is 0 Å². The Kier molecular flexibility index (Phi) is 9.85. The summed E-state index contributed by atoms with van der Waals surface area (Å²) in [5, 5.41) is 3.01. The standard InChI is InChI=1S/C22H35N3O2S/c1-4-10-25(11-5-2)22(27)9-8-21(26)23-20-16-19(7-6-18(20)3)17-24-12-14-28-15-13-24/h6-7,16H,4-5,8-15,17H2,1-3H3,(H,23,26). The second kappa shape index (κ2) is 12.1. The number of carbonyl (C=O) groups excluding carboxylic acids is 2. The molecule has 2 rings (SSSR count). The Labute approximate surface area is 174 Å². The van der Waals surface area contributed by atoms with Crippen LogP contribution in [0, 0.1) is 6.92 Å². The molecule has 1 aliphatic heterocycles. The van der Waals surface area contributed by atoms with Crippen molar-refractivity contribution >= 4 is 29.3 Å². The van der Waals surface area contributed by atoms with Gasteiger partial charge in [-0.15, -0.1) is 0 Å². The van der Waals surface area contributed by atoms with Gasteiger partial charge in [0, 0.05) is 62.8 Å².